The number of hydrogen-bond acceptors (Lipinski definition) is 1. The molecule has 0 fully saturated rings. The van der Waals surface area contributed by atoms with Crippen molar-refractivity contribution in [2.45, 2.75) is 19.6 Å². The number of nitrogens with one attached hydrogen (secondary N) is 2. The molecule has 0 aromatic heterocycles. The number of rotatable bonds is 3. The number of benzene rings is 2. The van der Waals surface area contributed by atoms with Crippen LogP contribution in [-0.4, -0.2) is 5.11 Å². The highest BCUT2D eigenvalue weighted by atomic mass is 32.1. The molecule has 26 heavy (non-hydrogen) atoms. The van der Waals surface area contributed by atoms with Crippen molar-refractivity contribution in [3.8, 4) is 0 Å². The molecule has 0 bridgehead atoms. The molecule has 0 aliphatic rings. The predicted octanol–water partition coefficient (Wildman–Crippen LogP) is 5.06. The second-order valence-corrected chi connectivity index (χ2v) is 5.71. The summed E-state index contributed by atoms with van der Waals surface area (Å²) in [6.45, 7) is 1.98. The average molecular weight is 396 g/mol. The van der Waals surface area contributed by atoms with E-state index in [1.807, 2.05) is 12.2 Å². The van der Waals surface area contributed by atoms with Gasteiger partial charge in [-0.3, -0.25) is 0 Å². The Morgan fingerprint density at radius 1 is 0.923 bits per heavy atom. The van der Waals surface area contributed by atoms with E-state index in [4.69, 9.17) is 12.2 Å². The van der Waals surface area contributed by atoms with Crippen molar-refractivity contribution in [3.63, 3.8) is 0 Å². The molecule has 140 valence electrons. The third-order valence-electron chi connectivity index (χ3n) is 3.36. The van der Waals surface area contributed by atoms with Crippen LogP contribution in [0.15, 0.2) is 24.3 Å². The molecule has 0 unspecified atom stereocenters. The lowest BCUT2D eigenvalue weighted by Crippen LogP contribution is -2.29. The third-order valence-corrected chi connectivity index (χ3v) is 3.61. The van der Waals surface area contributed by atoms with Gasteiger partial charge in [-0.2, -0.15) is 13.2 Å². The molecule has 0 atom stereocenters. The molecule has 0 saturated heterocycles. The second kappa shape index (κ2) is 7.48. The van der Waals surface area contributed by atoms with E-state index in [2.05, 4.69) is 5.32 Å². The molecule has 0 aliphatic heterocycles. The van der Waals surface area contributed by atoms with Gasteiger partial charge in [-0.25, -0.2) is 17.6 Å². The van der Waals surface area contributed by atoms with Crippen LogP contribution in [0.4, 0.5) is 36.4 Å². The Morgan fingerprint density at radius 2 is 1.42 bits per heavy atom. The summed E-state index contributed by atoms with van der Waals surface area (Å²) in [5, 5.41) is 3.94. The first kappa shape index (κ1) is 20.0. The van der Waals surface area contributed by atoms with E-state index in [0.29, 0.717) is 0 Å². The Labute approximate surface area is 149 Å². The van der Waals surface area contributed by atoms with Gasteiger partial charge < -0.3 is 10.6 Å². The Bertz CT molecular complexity index is 803. The van der Waals surface area contributed by atoms with Gasteiger partial charge in [0.2, 0.25) is 0 Å². The zero-order valence-corrected chi connectivity index (χ0v) is 13.9. The Kier molecular flexibility index (Phi) is 5.74. The zero-order chi connectivity index (χ0) is 19.6. The molecule has 10 heteroatoms. The van der Waals surface area contributed by atoms with Crippen molar-refractivity contribution in [1.82, 2.24) is 5.32 Å². The van der Waals surface area contributed by atoms with Crippen LogP contribution in [0.1, 0.15) is 16.7 Å². The fraction of sp³-hybridized carbons (Fsp3) is 0.188. The van der Waals surface area contributed by atoms with Gasteiger partial charge in [0, 0.05) is 6.54 Å². The molecule has 2 aromatic carbocycles. The van der Waals surface area contributed by atoms with Crippen molar-refractivity contribution in [1.29, 1.82) is 0 Å². The maximum absolute atomic E-state index is 13.8. The van der Waals surface area contributed by atoms with E-state index in [-0.39, 0.29) is 6.54 Å². The smallest absolute Gasteiger partial charge is 0.358 e. The summed E-state index contributed by atoms with van der Waals surface area (Å²) in [6, 6.07) is 7.08. The van der Waals surface area contributed by atoms with E-state index in [1.165, 1.54) is 0 Å². The second-order valence-electron chi connectivity index (χ2n) is 5.30. The van der Waals surface area contributed by atoms with Gasteiger partial charge >= 0.3 is 6.18 Å². The summed E-state index contributed by atoms with van der Waals surface area (Å²) in [5.74, 6) is -9.56. The van der Waals surface area contributed by atoms with Crippen LogP contribution in [0.25, 0.3) is 0 Å². The van der Waals surface area contributed by atoms with Gasteiger partial charge in [0.15, 0.2) is 28.4 Å². The molecule has 0 amide bonds. The monoisotopic (exact) mass is 396 g/mol. The topological polar surface area (TPSA) is 24.1 Å². The maximum Gasteiger partial charge on any atom is 0.422 e. The quantitative estimate of drug-likeness (QED) is 0.431. The first-order valence-corrected chi connectivity index (χ1v) is 7.46. The van der Waals surface area contributed by atoms with Crippen LogP contribution < -0.4 is 10.6 Å². The van der Waals surface area contributed by atoms with E-state index in [0.717, 1.165) is 11.1 Å². The third kappa shape index (κ3) is 4.24. The molecule has 2 nitrogen and oxygen atoms in total. The summed E-state index contributed by atoms with van der Waals surface area (Å²) < 4.78 is 92.2. The molecule has 0 saturated carbocycles. The van der Waals surface area contributed by atoms with Crippen molar-refractivity contribution in [2.75, 3.05) is 5.32 Å². The molecule has 0 spiro atoms. The van der Waals surface area contributed by atoms with Gasteiger partial charge in [-0.1, -0.05) is 29.8 Å². The van der Waals surface area contributed by atoms with Gasteiger partial charge in [0.25, 0.3) is 0 Å². The Balaban J connectivity index is 2.21. The van der Waals surface area contributed by atoms with Gasteiger partial charge in [-0.15, -0.1) is 0 Å². The SMILES string of the molecule is Cc1ccc(CNC(=S)Nc2c(F)c(F)c(C(F)(F)F)c(F)c2F)cc1. The minimum Gasteiger partial charge on any atom is -0.358 e. The molecule has 2 aromatic rings. The lowest BCUT2D eigenvalue weighted by molar-refractivity contribution is -0.143. The zero-order valence-electron chi connectivity index (χ0n) is 13.1. The predicted molar refractivity (Wildman–Crippen MR) is 85.5 cm³/mol. The number of alkyl halides is 3. The van der Waals surface area contributed by atoms with Gasteiger partial charge in [-0.05, 0) is 24.7 Å². The molecule has 2 rings (SSSR count). The molecule has 0 heterocycles. The highest BCUT2D eigenvalue weighted by Crippen LogP contribution is 2.38. The van der Waals surface area contributed by atoms with Crippen LogP contribution in [0.3, 0.4) is 0 Å². The van der Waals surface area contributed by atoms with Crippen molar-refractivity contribution in [2.24, 2.45) is 0 Å². The van der Waals surface area contributed by atoms with Gasteiger partial charge in [0.05, 0.1) is 0 Å². The summed E-state index contributed by atoms with van der Waals surface area (Å²) in [6.07, 6.45) is -5.60. The van der Waals surface area contributed by atoms with E-state index < -0.39 is 45.8 Å². The fourth-order valence-corrected chi connectivity index (χ4v) is 2.21. The van der Waals surface area contributed by atoms with Gasteiger partial charge in [0.1, 0.15) is 11.3 Å². The Morgan fingerprint density at radius 3 is 1.88 bits per heavy atom. The van der Waals surface area contributed by atoms with Crippen LogP contribution >= 0.6 is 12.2 Å². The molecule has 0 aliphatic carbocycles. The normalized spacial score (nSPS) is 11.4. The minimum absolute atomic E-state index is 0.112. The van der Waals surface area contributed by atoms with Crippen LogP contribution in [0.5, 0.6) is 0 Å². The van der Waals surface area contributed by atoms with Crippen LogP contribution in [0, 0.1) is 30.2 Å². The van der Waals surface area contributed by atoms with E-state index in [1.54, 1.807) is 24.3 Å². The number of hydrogen-bond donors (Lipinski definition) is 2. The van der Waals surface area contributed by atoms with Crippen LogP contribution in [0.2, 0.25) is 0 Å². The molecular formula is C16H11F7N2S. The number of halogens is 7. The lowest BCUT2D eigenvalue weighted by atomic mass is 10.1. The minimum atomic E-state index is -5.60. The van der Waals surface area contributed by atoms with Crippen molar-refractivity contribution in [3.05, 3.63) is 64.2 Å². The largest absolute Gasteiger partial charge is 0.422 e. The van der Waals surface area contributed by atoms with E-state index in [9.17, 15) is 30.7 Å². The Hall–Kier alpha value is -2.36. The highest BCUT2D eigenvalue weighted by Gasteiger charge is 2.42. The van der Waals surface area contributed by atoms with Crippen molar-refractivity contribution < 1.29 is 30.7 Å². The fourth-order valence-electron chi connectivity index (χ4n) is 2.04. The standard InChI is InChI=1S/C16H11F7N2S/c1-7-2-4-8(5-3-7)6-24-15(26)25-14-12(19)10(17)9(16(21,22)23)11(18)13(14)20/h2-5H,6H2,1H3,(H2,24,25,26). The molecular weight excluding hydrogens is 385 g/mol. The summed E-state index contributed by atoms with van der Waals surface area (Å²) in [5.41, 5.74) is -2.36. The highest BCUT2D eigenvalue weighted by molar-refractivity contribution is 7.80. The summed E-state index contributed by atoms with van der Waals surface area (Å²) in [7, 11) is 0. The maximum atomic E-state index is 13.8. The lowest BCUT2D eigenvalue weighted by Gasteiger charge is -2.16. The van der Waals surface area contributed by atoms with E-state index >= 15 is 0 Å². The molecule has 2 N–H and O–H groups in total. The first-order chi connectivity index (χ1) is 12.0. The summed E-state index contributed by atoms with van der Waals surface area (Å²) in [4.78, 5) is 0. The first-order valence-electron chi connectivity index (χ1n) is 7.06. The molecule has 0 radical (unpaired) electrons. The number of aryl methyl sites for hydroxylation is 1. The average Bonchev–Trinajstić information content (AvgIpc) is 2.55. The number of anilines is 1. The number of thiocarbonyl (C=S) groups is 1. The van der Waals surface area contributed by atoms with Crippen molar-refractivity contribution >= 4 is 23.0 Å². The summed E-state index contributed by atoms with van der Waals surface area (Å²) >= 11 is 4.75. The van der Waals surface area contributed by atoms with Crippen LogP contribution in [-0.2, 0) is 12.7 Å².